The molecular weight excluding hydrogens is 182 g/mol. The third-order valence-corrected chi connectivity index (χ3v) is 1.79. The van der Waals surface area contributed by atoms with Crippen LogP contribution in [-0.2, 0) is 0 Å². The normalized spacial score (nSPS) is 11.6. The van der Waals surface area contributed by atoms with Gasteiger partial charge in [-0.15, -0.1) is 0 Å². The first kappa shape index (κ1) is 11.0. The summed E-state index contributed by atoms with van der Waals surface area (Å²) in [6.45, 7) is 0.461. The van der Waals surface area contributed by atoms with Crippen molar-refractivity contribution in [3.63, 3.8) is 0 Å². The van der Waals surface area contributed by atoms with Crippen LogP contribution in [0.25, 0.3) is 6.08 Å². The van der Waals surface area contributed by atoms with Crippen molar-refractivity contribution >= 4 is 6.08 Å². The lowest BCUT2D eigenvalue weighted by Gasteiger charge is -2.10. The van der Waals surface area contributed by atoms with E-state index in [-0.39, 0.29) is 19.3 Å². The summed E-state index contributed by atoms with van der Waals surface area (Å²) < 4.78 is 5.08. The van der Waals surface area contributed by atoms with E-state index in [2.05, 4.69) is 5.32 Å². The number of aliphatic hydroxyl groups is 2. The molecule has 0 amide bonds. The summed E-state index contributed by atoms with van der Waals surface area (Å²) in [6.07, 6.45) is 5.31. The van der Waals surface area contributed by atoms with E-state index in [4.69, 9.17) is 14.6 Å². The van der Waals surface area contributed by atoms with Crippen LogP contribution in [0, 0.1) is 0 Å². The van der Waals surface area contributed by atoms with Gasteiger partial charge in [0.1, 0.15) is 5.76 Å². The molecule has 0 aliphatic heterocycles. The molecule has 0 saturated carbocycles. The van der Waals surface area contributed by atoms with Crippen LogP contribution in [0.1, 0.15) is 5.76 Å². The van der Waals surface area contributed by atoms with Gasteiger partial charge in [0, 0.05) is 6.54 Å². The Labute approximate surface area is 82.9 Å². The second-order valence-corrected chi connectivity index (χ2v) is 2.89. The van der Waals surface area contributed by atoms with Gasteiger partial charge in [-0.25, -0.2) is 0 Å². The zero-order valence-corrected chi connectivity index (χ0v) is 7.89. The molecule has 0 fully saturated rings. The van der Waals surface area contributed by atoms with Crippen molar-refractivity contribution < 1.29 is 14.6 Å². The topological polar surface area (TPSA) is 65.6 Å². The molecule has 0 aliphatic carbocycles. The lowest BCUT2D eigenvalue weighted by atomic mass is 10.3. The van der Waals surface area contributed by atoms with E-state index in [1.54, 1.807) is 6.26 Å². The molecule has 3 N–H and O–H groups in total. The number of furan rings is 1. The second kappa shape index (κ2) is 6.37. The lowest BCUT2D eigenvalue weighted by molar-refractivity contribution is 0.174. The fourth-order valence-electron chi connectivity index (χ4n) is 0.983. The van der Waals surface area contributed by atoms with Crippen molar-refractivity contribution in [2.45, 2.75) is 6.04 Å². The zero-order valence-electron chi connectivity index (χ0n) is 7.89. The largest absolute Gasteiger partial charge is 0.465 e. The Bertz CT molecular complexity index is 252. The minimum Gasteiger partial charge on any atom is -0.465 e. The summed E-state index contributed by atoms with van der Waals surface area (Å²) in [5, 5.41) is 20.4. The molecule has 1 aromatic rings. The minimum absolute atomic E-state index is 0.0644. The molecule has 4 nitrogen and oxygen atoms in total. The molecule has 0 atom stereocenters. The molecule has 0 bridgehead atoms. The van der Waals surface area contributed by atoms with Gasteiger partial charge in [0.05, 0.1) is 25.5 Å². The quantitative estimate of drug-likeness (QED) is 0.611. The van der Waals surface area contributed by atoms with Crippen LogP contribution in [0.15, 0.2) is 28.9 Å². The maximum Gasteiger partial charge on any atom is 0.126 e. The van der Waals surface area contributed by atoms with Crippen LogP contribution in [0.3, 0.4) is 0 Å². The first-order chi connectivity index (χ1) is 6.86. The molecule has 1 heterocycles. The Morgan fingerprint density at radius 2 is 2.21 bits per heavy atom. The Balaban J connectivity index is 2.20. The molecule has 4 heteroatoms. The highest BCUT2D eigenvalue weighted by atomic mass is 16.3. The van der Waals surface area contributed by atoms with E-state index in [0.29, 0.717) is 6.54 Å². The molecule has 0 radical (unpaired) electrons. The molecule has 14 heavy (non-hydrogen) atoms. The van der Waals surface area contributed by atoms with Crippen LogP contribution in [-0.4, -0.2) is 36.0 Å². The standard InChI is InChI=1S/C10H15NO3/c12-7-9(8-13)11-5-1-3-10-4-2-6-14-10/h1-4,6,9,11-13H,5,7-8H2/b3-1+. The van der Waals surface area contributed by atoms with Gasteiger partial charge in [0.25, 0.3) is 0 Å². The van der Waals surface area contributed by atoms with Crippen molar-refractivity contribution in [3.05, 3.63) is 30.2 Å². The van der Waals surface area contributed by atoms with E-state index in [1.165, 1.54) is 0 Å². The summed E-state index contributed by atoms with van der Waals surface area (Å²) in [4.78, 5) is 0. The van der Waals surface area contributed by atoms with Gasteiger partial charge in [0.15, 0.2) is 0 Å². The highest BCUT2D eigenvalue weighted by molar-refractivity contribution is 5.42. The van der Waals surface area contributed by atoms with Crippen LogP contribution < -0.4 is 5.32 Å². The summed E-state index contributed by atoms with van der Waals surface area (Å²) in [7, 11) is 0. The molecule has 0 aliphatic rings. The number of nitrogens with one attached hydrogen (secondary N) is 1. The maximum absolute atomic E-state index is 8.74. The van der Waals surface area contributed by atoms with Crippen molar-refractivity contribution in [2.24, 2.45) is 0 Å². The van der Waals surface area contributed by atoms with Crippen LogP contribution in [0.5, 0.6) is 0 Å². The summed E-state index contributed by atoms with van der Waals surface area (Å²) in [5.41, 5.74) is 0. The Morgan fingerprint density at radius 3 is 2.79 bits per heavy atom. The van der Waals surface area contributed by atoms with Gasteiger partial charge < -0.3 is 19.9 Å². The van der Waals surface area contributed by atoms with Gasteiger partial charge in [-0.3, -0.25) is 0 Å². The zero-order chi connectivity index (χ0) is 10.2. The third-order valence-electron chi connectivity index (χ3n) is 1.79. The molecule has 1 aromatic heterocycles. The van der Waals surface area contributed by atoms with E-state index >= 15 is 0 Å². The average molecular weight is 197 g/mol. The number of aliphatic hydroxyl groups excluding tert-OH is 2. The van der Waals surface area contributed by atoms with Crippen LogP contribution >= 0.6 is 0 Å². The maximum atomic E-state index is 8.74. The Kier molecular flexibility index (Phi) is 4.99. The molecule has 0 unspecified atom stereocenters. The minimum atomic E-state index is -0.253. The molecule has 78 valence electrons. The highest BCUT2D eigenvalue weighted by Gasteiger charge is 2.01. The summed E-state index contributed by atoms with van der Waals surface area (Å²) in [5.74, 6) is 0.788. The second-order valence-electron chi connectivity index (χ2n) is 2.89. The molecule has 0 saturated heterocycles. The fraction of sp³-hybridized carbons (Fsp3) is 0.400. The predicted molar refractivity (Wildman–Crippen MR) is 53.7 cm³/mol. The average Bonchev–Trinajstić information content (AvgIpc) is 2.71. The summed E-state index contributed by atoms with van der Waals surface area (Å²) >= 11 is 0. The van der Waals surface area contributed by atoms with Gasteiger partial charge in [-0.1, -0.05) is 6.08 Å². The van der Waals surface area contributed by atoms with Gasteiger partial charge >= 0.3 is 0 Å². The number of hydrogen-bond acceptors (Lipinski definition) is 4. The highest BCUT2D eigenvalue weighted by Crippen LogP contribution is 2.01. The van der Waals surface area contributed by atoms with E-state index in [0.717, 1.165) is 5.76 Å². The van der Waals surface area contributed by atoms with E-state index in [9.17, 15) is 0 Å². The SMILES string of the molecule is OCC(CO)NC/C=C/c1ccco1. The number of rotatable bonds is 6. The molecule has 0 aromatic carbocycles. The van der Waals surface area contributed by atoms with Crippen molar-refractivity contribution in [1.82, 2.24) is 5.32 Å². The van der Waals surface area contributed by atoms with Crippen molar-refractivity contribution in [1.29, 1.82) is 0 Å². The smallest absolute Gasteiger partial charge is 0.126 e. The van der Waals surface area contributed by atoms with E-state index in [1.807, 2.05) is 24.3 Å². The number of hydrogen-bond donors (Lipinski definition) is 3. The lowest BCUT2D eigenvalue weighted by Crippen LogP contribution is -2.35. The first-order valence-corrected chi connectivity index (χ1v) is 4.52. The molecule has 1 rings (SSSR count). The third kappa shape index (κ3) is 3.74. The fourth-order valence-corrected chi connectivity index (χ4v) is 0.983. The van der Waals surface area contributed by atoms with Gasteiger partial charge in [-0.05, 0) is 18.2 Å². The first-order valence-electron chi connectivity index (χ1n) is 4.52. The Morgan fingerprint density at radius 1 is 1.43 bits per heavy atom. The molecular formula is C10H15NO3. The van der Waals surface area contributed by atoms with Crippen LogP contribution in [0.4, 0.5) is 0 Å². The van der Waals surface area contributed by atoms with Crippen molar-refractivity contribution in [3.8, 4) is 0 Å². The van der Waals surface area contributed by atoms with Crippen molar-refractivity contribution in [2.75, 3.05) is 19.8 Å². The Hall–Kier alpha value is -1.10. The van der Waals surface area contributed by atoms with E-state index < -0.39 is 0 Å². The monoisotopic (exact) mass is 197 g/mol. The predicted octanol–water partition coefficient (Wildman–Crippen LogP) is 0.236. The summed E-state index contributed by atoms with van der Waals surface area (Å²) in [6, 6.07) is 3.42. The van der Waals surface area contributed by atoms with Crippen LogP contribution in [0.2, 0.25) is 0 Å². The molecule has 0 spiro atoms. The van der Waals surface area contributed by atoms with Gasteiger partial charge in [0.2, 0.25) is 0 Å². The van der Waals surface area contributed by atoms with Gasteiger partial charge in [-0.2, -0.15) is 0 Å².